The normalized spacial score (nSPS) is 15.4. The molecule has 0 bridgehead atoms. The van der Waals surface area contributed by atoms with Crippen LogP contribution >= 0.6 is 0 Å². The number of hydrogen-bond acceptors (Lipinski definition) is 3. The highest BCUT2D eigenvalue weighted by molar-refractivity contribution is 4.71. The molecule has 0 aromatic rings. The molecule has 0 amide bonds. The second kappa shape index (κ2) is 10.1. The van der Waals surface area contributed by atoms with Crippen LogP contribution < -0.4 is 5.73 Å². The van der Waals surface area contributed by atoms with E-state index in [1.54, 1.807) is 7.11 Å². The molecule has 0 heterocycles. The standard InChI is InChI=1S/C13H30N2O/c1-5-7-13(10-14)11-15(8-9-16-4)12(3)6-2/h12-13H,5-11,14H2,1-4H3. The molecule has 0 aromatic heterocycles. The maximum atomic E-state index is 5.82. The Labute approximate surface area is 101 Å². The van der Waals surface area contributed by atoms with E-state index in [2.05, 4.69) is 25.7 Å². The topological polar surface area (TPSA) is 38.5 Å². The third-order valence-electron chi connectivity index (χ3n) is 3.32. The van der Waals surface area contributed by atoms with Gasteiger partial charge in [0.2, 0.25) is 0 Å². The summed E-state index contributed by atoms with van der Waals surface area (Å²) in [6, 6.07) is 0.626. The maximum Gasteiger partial charge on any atom is 0.0589 e. The zero-order chi connectivity index (χ0) is 12.4. The van der Waals surface area contributed by atoms with Gasteiger partial charge in [-0.15, -0.1) is 0 Å². The summed E-state index contributed by atoms with van der Waals surface area (Å²) in [4.78, 5) is 2.51. The first-order valence-electron chi connectivity index (χ1n) is 6.62. The van der Waals surface area contributed by atoms with Crippen LogP contribution in [0, 0.1) is 5.92 Å². The lowest BCUT2D eigenvalue weighted by Gasteiger charge is -2.31. The van der Waals surface area contributed by atoms with Crippen LogP contribution in [0.4, 0.5) is 0 Å². The van der Waals surface area contributed by atoms with Crippen molar-refractivity contribution in [2.24, 2.45) is 11.7 Å². The number of ether oxygens (including phenoxy) is 1. The van der Waals surface area contributed by atoms with Gasteiger partial charge in [-0.25, -0.2) is 0 Å². The Morgan fingerprint density at radius 3 is 2.44 bits per heavy atom. The summed E-state index contributed by atoms with van der Waals surface area (Å²) in [6.07, 6.45) is 3.64. The van der Waals surface area contributed by atoms with Crippen LogP contribution in [0.5, 0.6) is 0 Å². The van der Waals surface area contributed by atoms with Crippen molar-refractivity contribution in [3.63, 3.8) is 0 Å². The van der Waals surface area contributed by atoms with E-state index in [-0.39, 0.29) is 0 Å². The first kappa shape index (κ1) is 15.9. The Kier molecular flexibility index (Phi) is 9.99. The summed E-state index contributed by atoms with van der Waals surface area (Å²) in [7, 11) is 1.77. The summed E-state index contributed by atoms with van der Waals surface area (Å²) < 4.78 is 5.17. The molecule has 0 fully saturated rings. The first-order valence-corrected chi connectivity index (χ1v) is 6.62. The summed E-state index contributed by atoms with van der Waals surface area (Å²) >= 11 is 0. The second-order valence-electron chi connectivity index (χ2n) is 4.64. The molecular formula is C13H30N2O. The Morgan fingerprint density at radius 1 is 1.31 bits per heavy atom. The minimum atomic E-state index is 0.626. The number of rotatable bonds is 10. The molecule has 0 saturated heterocycles. The van der Waals surface area contributed by atoms with Crippen LogP contribution in [-0.2, 0) is 4.74 Å². The summed E-state index contributed by atoms with van der Waals surface area (Å²) in [6.45, 7) is 10.5. The van der Waals surface area contributed by atoms with E-state index in [0.29, 0.717) is 12.0 Å². The molecule has 0 aliphatic rings. The fraction of sp³-hybridized carbons (Fsp3) is 1.00. The van der Waals surface area contributed by atoms with E-state index in [1.165, 1.54) is 19.3 Å². The van der Waals surface area contributed by atoms with Gasteiger partial charge in [0.1, 0.15) is 0 Å². The van der Waals surface area contributed by atoms with E-state index in [1.807, 2.05) is 0 Å². The average molecular weight is 230 g/mol. The van der Waals surface area contributed by atoms with Gasteiger partial charge < -0.3 is 10.5 Å². The lowest BCUT2D eigenvalue weighted by atomic mass is 10.0. The van der Waals surface area contributed by atoms with Crippen molar-refractivity contribution < 1.29 is 4.74 Å². The fourth-order valence-electron chi connectivity index (χ4n) is 1.98. The molecule has 0 aromatic carbocycles. The van der Waals surface area contributed by atoms with Crippen molar-refractivity contribution >= 4 is 0 Å². The molecule has 2 atom stereocenters. The number of nitrogens with zero attached hydrogens (tertiary/aromatic N) is 1. The molecule has 2 unspecified atom stereocenters. The van der Waals surface area contributed by atoms with Gasteiger partial charge in [0.25, 0.3) is 0 Å². The van der Waals surface area contributed by atoms with Gasteiger partial charge >= 0.3 is 0 Å². The van der Waals surface area contributed by atoms with E-state index < -0.39 is 0 Å². The van der Waals surface area contributed by atoms with Gasteiger partial charge in [-0.05, 0) is 32.2 Å². The molecule has 16 heavy (non-hydrogen) atoms. The van der Waals surface area contributed by atoms with Crippen LogP contribution in [0.1, 0.15) is 40.0 Å². The molecule has 0 radical (unpaired) electrons. The lowest BCUT2D eigenvalue weighted by molar-refractivity contribution is 0.109. The fourth-order valence-corrected chi connectivity index (χ4v) is 1.98. The Hall–Kier alpha value is -0.120. The minimum absolute atomic E-state index is 0.626. The largest absolute Gasteiger partial charge is 0.383 e. The van der Waals surface area contributed by atoms with Crippen LogP contribution in [0.3, 0.4) is 0 Å². The monoisotopic (exact) mass is 230 g/mol. The van der Waals surface area contributed by atoms with Crippen molar-refractivity contribution in [1.29, 1.82) is 0 Å². The van der Waals surface area contributed by atoms with Crippen LogP contribution in [0.25, 0.3) is 0 Å². The van der Waals surface area contributed by atoms with Gasteiger partial charge in [0, 0.05) is 26.2 Å². The Bertz CT molecular complexity index is 153. The molecule has 0 spiro atoms. The zero-order valence-electron chi connectivity index (χ0n) is 11.5. The smallest absolute Gasteiger partial charge is 0.0589 e. The van der Waals surface area contributed by atoms with Gasteiger partial charge in [-0.1, -0.05) is 20.3 Å². The SMILES string of the molecule is CCCC(CN)CN(CCOC)C(C)CC. The molecular weight excluding hydrogens is 200 g/mol. The summed E-state index contributed by atoms with van der Waals surface area (Å²) in [5, 5.41) is 0. The van der Waals surface area contributed by atoms with Gasteiger partial charge in [0.05, 0.1) is 6.61 Å². The van der Waals surface area contributed by atoms with Crippen molar-refractivity contribution in [2.75, 3.05) is 33.4 Å². The summed E-state index contributed by atoms with van der Waals surface area (Å²) in [5.74, 6) is 0.635. The lowest BCUT2D eigenvalue weighted by Crippen LogP contribution is -2.40. The van der Waals surface area contributed by atoms with Crippen LogP contribution in [0.15, 0.2) is 0 Å². The van der Waals surface area contributed by atoms with E-state index >= 15 is 0 Å². The predicted octanol–water partition coefficient (Wildman–Crippen LogP) is 2.11. The molecule has 2 N–H and O–H groups in total. The third kappa shape index (κ3) is 6.46. The average Bonchev–Trinajstić information content (AvgIpc) is 2.32. The highest BCUT2D eigenvalue weighted by atomic mass is 16.5. The van der Waals surface area contributed by atoms with Crippen molar-refractivity contribution in [1.82, 2.24) is 4.90 Å². The van der Waals surface area contributed by atoms with E-state index in [4.69, 9.17) is 10.5 Å². The number of nitrogens with two attached hydrogens (primary N) is 1. The molecule has 0 aliphatic heterocycles. The van der Waals surface area contributed by atoms with Crippen LogP contribution in [0.2, 0.25) is 0 Å². The molecule has 0 saturated carbocycles. The quantitative estimate of drug-likeness (QED) is 0.625. The van der Waals surface area contributed by atoms with Crippen LogP contribution in [-0.4, -0.2) is 44.3 Å². The third-order valence-corrected chi connectivity index (χ3v) is 3.32. The maximum absolute atomic E-state index is 5.82. The minimum Gasteiger partial charge on any atom is -0.383 e. The second-order valence-corrected chi connectivity index (χ2v) is 4.64. The highest BCUT2D eigenvalue weighted by Gasteiger charge is 2.16. The first-order chi connectivity index (χ1) is 7.69. The van der Waals surface area contributed by atoms with Gasteiger partial charge in [-0.2, -0.15) is 0 Å². The predicted molar refractivity (Wildman–Crippen MR) is 70.7 cm³/mol. The highest BCUT2D eigenvalue weighted by Crippen LogP contribution is 2.11. The zero-order valence-corrected chi connectivity index (χ0v) is 11.5. The molecule has 98 valence electrons. The number of methoxy groups -OCH3 is 1. The Balaban J connectivity index is 4.15. The Morgan fingerprint density at radius 2 is 2.00 bits per heavy atom. The molecule has 3 nitrogen and oxygen atoms in total. The molecule has 0 rings (SSSR count). The van der Waals surface area contributed by atoms with E-state index in [9.17, 15) is 0 Å². The van der Waals surface area contributed by atoms with Crippen molar-refractivity contribution in [3.8, 4) is 0 Å². The summed E-state index contributed by atoms with van der Waals surface area (Å²) in [5.41, 5.74) is 5.82. The molecule has 3 heteroatoms. The van der Waals surface area contributed by atoms with Gasteiger partial charge in [0.15, 0.2) is 0 Å². The molecule has 0 aliphatic carbocycles. The van der Waals surface area contributed by atoms with Gasteiger partial charge in [-0.3, -0.25) is 4.90 Å². The van der Waals surface area contributed by atoms with Crippen molar-refractivity contribution in [3.05, 3.63) is 0 Å². The van der Waals surface area contributed by atoms with Crippen molar-refractivity contribution in [2.45, 2.75) is 46.1 Å². The number of hydrogen-bond donors (Lipinski definition) is 1. The van der Waals surface area contributed by atoms with E-state index in [0.717, 1.165) is 26.2 Å².